The highest BCUT2D eigenvalue weighted by Crippen LogP contribution is 2.27. The third kappa shape index (κ3) is 7.20. The van der Waals surface area contributed by atoms with Gasteiger partial charge in [0.25, 0.3) is 5.91 Å². The standard InChI is InChI=1S/C30H32N6O2.2ClH/c1-19-12-17-24-23(18-19)28(36-29(34-24)30(37)32-21-13-15-22(38-2)16-14-21)35-26-11-7-6-10-25(26)33-27(31)20-8-4-3-5-9-20;;/h3-5,8-9,12-18,25-26H,6-7,10-11H2,1-2H3,(H2,31,33)(H,32,37)(H,34,35,36);2*1H/t25-,26-;;/m0../s1. The van der Waals surface area contributed by atoms with E-state index in [2.05, 4.69) is 20.9 Å². The number of ether oxygens (including phenoxy) is 1. The number of amides is 1. The van der Waals surface area contributed by atoms with Crippen LogP contribution in [0.15, 0.2) is 72.8 Å². The van der Waals surface area contributed by atoms with Gasteiger partial charge in [-0.1, -0.05) is 54.8 Å². The number of amidine groups is 1. The summed E-state index contributed by atoms with van der Waals surface area (Å²) in [6.07, 6.45) is 4.06. The molecule has 1 saturated carbocycles. The van der Waals surface area contributed by atoms with E-state index in [1.54, 1.807) is 31.4 Å². The molecule has 1 aliphatic rings. The molecule has 8 nitrogen and oxygen atoms in total. The number of methoxy groups -OCH3 is 1. The highest BCUT2D eigenvalue weighted by molar-refractivity contribution is 6.04. The van der Waals surface area contributed by atoms with Crippen LogP contribution >= 0.6 is 24.8 Å². The first-order chi connectivity index (χ1) is 18.5. The molecule has 4 aromatic rings. The zero-order chi connectivity index (χ0) is 26.5. The van der Waals surface area contributed by atoms with E-state index >= 15 is 0 Å². The SMILES string of the molecule is COc1ccc(NC(=O)c2nc(N[C@H]3CCCC[C@@H]3NC(=N)c3ccccc3)c3cc(C)ccc3n2)cc1.Cl.Cl. The molecule has 1 heterocycles. The van der Waals surface area contributed by atoms with Crippen LogP contribution < -0.4 is 20.7 Å². The van der Waals surface area contributed by atoms with Gasteiger partial charge in [0.2, 0.25) is 5.82 Å². The molecular formula is C30H34Cl2N6O2. The minimum Gasteiger partial charge on any atom is -0.497 e. The number of carbonyl (C=O) groups is 1. The van der Waals surface area contributed by atoms with Gasteiger partial charge in [-0.2, -0.15) is 0 Å². The molecule has 4 N–H and O–H groups in total. The summed E-state index contributed by atoms with van der Waals surface area (Å²) in [7, 11) is 1.60. The van der Waals surface area contributed by atoms with E-state index in [-0.39, 0.29) is 48.6 Å². The van der Waals surface area contributed by atoms with Crippen molar-refractivity contribution in [3.63, 3.8) is 0 Å². The van der Waals surface area contributed by atoms with Crippen molar-refractivity contribution in [3.8, 4) is 5.75 Å². The molecule has 0 aliphatic heterocycles. The molecule has 0 bridgehead atoms. The van der Waals surface area contributed by atoms with Crippen LogP contribution in [-0.4, -0.2) is 40.9 Å². The number of nitrogens with one attached hydrogen (secondary N) is 4. The summed E-state index contributed by atoms with van der Waals surface area (Å²) in [4.78, 5) is 22.4. The average molecular weight is 582 g/mol. The predicted molar refractivity (Wildman–Crippen MR) is 166 cm³/mol. The van der Waals surface area contributed by atoms with Crippen LogP contribution in [0.1, 0.15) is 47.4 Å². The lowest BCUT2D eigenvalue weighted by atomic mass is 9.89. The first-order valence-electron chi connectivity index (χ1n) is 12.9. The number of rotatable bonds is 7. The Bertz CT molecular complexity index is 1450. The maximum atomic E-state index is 13.2. The van der Waals surface area contributed by atoms with Crippen LogP contribution in [0.2, 0.25) is 0 Å². The number of hydrogen-bond donors (Lipinski definition) is 4. The highest BCUT2D eigenvalue weighted by Gasteiger charge is 2.27. The Morgan fingerprint density at radius 1 is 0.925 bits per heavy atom. The van der Waals surface area contributed by atoms with Gasteiger partial charge in [-0.3, -0.25) is 10.2 Å². The van der Waals surface area contributed by atoms with Crippen molar-refractivity contribution in [3.05, 3.63) is 89.7 Å². The molecule has 2 atom stereocenters. The Morgan fingerprint density at radius 3 is 2.33 bits per heavy atom. The highest BCUT2D eigenvalue weighted by atomic mass is 35.5. The lowest BCUT2D eigenvalue weighted by Crippen LogP contribution is -2.48. The molecule has 40 heavy (non-hydrogen) atoms. The topological polar surface area (TPSA) is 112 Å². The lowest BCUT2D eigenvalue weighted by Gasteiger charge is -2.34. The maximum Gasteiger partial charge on any atom is 0.293 e. The van der Waals surface area contributed by atoms with E-state index in [0.29, 0.717) is 28.6 Å². The fourth-order valence-electron chi connectivity index (χ4n) is 4.84. The summed E-state index contributed by atoms with van der Waals surface area (Å²) in [5, 5.41) is 19.4. The number of nitrogens with zero attached hydrogens (tertiary/aromatic N) is 2. The Morgan fingerprint density at radius 2 is 1.62 bits per heavy atom. The third-order valence-corrected chi connectivity index (χ3v) is 6.88. The quantitative estimate of drug-likeness (QED) is 0.149. The summed E-state index contributed by atoms with van der Waals surface area (Å²) >= 11 is 0. The Hall–Kier alpha value is -3.88. The van der Waals surface area contributed by atoms with E-state index in [0.717, 1.165) is 42.2 Å². The molecule has 1 aromatic heterocycles. The fraction of sp³-hybridized carbons (Fsp3) is 0.267. The number of carbonyl (C=O) groups excluding carboxylic acids is 1. The summed E-state index contributed by atoms with van der Waals surface area (Å²) in [6.45, 7) is 2.03. The lowest BCUT2D eigenvalue weighted by molar-refractivity contribution is 0.101. The normalized spacial score (nSPS) is 16.1. The van der Waals surface area contributed by atoms with Crippen molar-refractivity contribution in [1.82, 2.24) is 15.3 Å². The monoisotopic (exact) mass is 580 g/mol. The molecule has 0 unspecified atom stereocenters. The first kappa shape index (κ1) is 30.7. The van der Waals surface area contributed by atoms with E-state index < -0.39 is 0 Å². The molecule has 210 valence electrons. The van der Waals surface area contributed by atoms with Gasteiger partial charge in [-0.15, -0.1) is 24.8 Å². The number of hydrogen-bond acceptors (Lipinski definition) is 6. The number of halogens is 2. The molecule has 3 aromatic carbocycles. The summed E-state index contributed by atoms with van der Waals surface area (Å²) in [6, 6.07) is 22.9. The molecule has 1 fully saturated rings. The average Bonchev–Trinajstić information content (AvgIpc) is 2.95. The van der Waals surface area contributed by atoms with Crippen molar-refractivity contribution in [1.29, 1.82) is 5.41 Å². The Balaban J connectivity index is 0.00000220. The summed E-state index contributed by atoms with van der Waals surface area (Å²) < 4.78 is 5.20. The van der Waals surface area contributed by atoms with Gasteiger partial charge < -0.3 is 20.7 Å². The van der Waals surface area contributed by atoms with Gasteiger partial charge >= 0.3 is 0 Å². The fourth-order valence-corrected chi connectivity index (χ4v) is 4.84. The van der Waals surface area contributed by atoms with Gasteiger partial charge in [-0.25, -0.2) is 9.97 Å². The summed E-state index contributed by atoms with van der Waals surface area (Å²) in [5.41, 5.74) is 3.28. The van der Waals surface area contributed by atoms with Crippen molar-refractivity contribution < 1.29 is 9.53 Å². The van der Waals surface area contributed by atoms with Gasteiger partial charge in [-0.05, 0) is 56.2 Å². The number of anilines is 2. The van der Waals surface area contributed by atoms with E-state index in [1.807, 2.05) is 55.5 Å². The van der Waals surface area contributed by atoms with Crippen LogP contribution in [0.25, 0.3) is 10.9 Å². The number of benzene rings is 3. The van der Waals surface area contributed by atoms with Crippen LogP contribution in [0.4, 0.5) is 11.5 Å². The third-order valence-electron chi connectivity index (χ3n) is 6.88. The molecule has 0 spiro atoms. The smallest absolute Gasteiger partial charge is 0.293 e. The van der Waals surface area contributed by atoms with Gasteiger partial charge in [0.1, 0.15) is 17.4 Å². The minimum atomic E-state index is -0.384. The zero-order valence-electron chi connectivity index (χ0n) is 22.4. The van der Waals surface area contributed by atoms with Gasteiger partial charge in [0.15, 0.2) is 0 Å². The predicted octanol–water partition coefficient (Wildman–Crippen LogP) is 6.38. The molecule has 0 saturated heterocycles. The molecule has 10 heteroatoms. The van der Waals surface area contributed by atoms with Crippen molar-refractivity contribution in [2.75, 3.05) is 17.7 Å². The molecule has 1 amide bonds. The number of fused-ring (bicyclic) bond motifs is 1. The van der Waals surface area contributed by atoms with Gasteiger partial charge in [0, 0.05) is 28.7 Å². The molecule has 1 aliphatic carbocycles. The summed E-state index contributed by atoms with van der Waals surface area (Å²) in [5.74, 6) is 1.46. The second kappa shape index (κ2) is 14.0. The van der Waals surface area contributed by atoms with Crippen molar-refractivity contribution >= 4 is 59.0 Å². The first-order valence-corrected chi connectivity index (χ1v) is 12.9. The van der Waals surface area contributed by atoms with Crippen molar-refractivity contribution in [2.24, 2.45) is 0 Å². The second-order valence-electron chi connectivity index (χ2n) is 9.63. The van der Waals surface area contributed by atoms with E-state index in [1.165, 1.54) is 0 Å². The number of aromatic nitrogens is 2. The van der Waals surface area contributed by atoms with Crippen LogP contribution in [0.3, 0.4) is 0 Å². The second-order valence-corrected chi connectivity index (χ2v) is 9.63. The molecular weight excluding hydrogens is 547 g/mol. The largest absolute Gasteiger partial charge is 0.497 e. The molecule has 5 rings (SSSR count). The van der Waals surface area contributed by atoms with Crippen LogP contribution in [0, 0.1) is 12.3 Å². The van der Waals surface area contributed by atoms with E-state index in [9.17, 15) is 4.79 Å². The Kier molecular flexibility index (Phi) is 10.7. The van der Waals surface area contributed by atoms with Crippen LogP contribution in [0.5, 0.6) is 5.75 Å². The Labute approximate surface area is 246 Å². The van der Waals surface area contributed by atoms with Crippen molar-refractivity contribution in [2.45, 2.75) is 44.7 Å². The zero-order valence-corrected chi connectivity index (χ0v) is 24.1. The van der Waals surface area contributed by atoms with E-state index in [4.69, 9.17) is 15.1 Å². The minimum absolute atomic E-state index is 0. The molecule has 0 radical (unpaired) electrons. The van der Waals surface area contributed by atoms with Gasteiger partial charge in [0.05, 0.1) is 12.6 Å². The number of aryl methyl sites for hydroxylation is 1. The van der Waals surface area contributed by atoms with Crippen LogP contribution in [-0.2, 0) is 0 Å². The maximum absolute atomic E-state index is 13.2.